The topological polar surface area (TPSA) is 37.6 Å². The van der Waals surface area contributed by atoms with E-state index in [9.17, 15) is 4.79 Å². The Bertz CT molecular complexity index is 1120. The van der Waals surface area contributed by atoms with E-state index >= 15 is 0 Å². The van der Waals surface area contributed by atoms with Gasteiger partial charge in [-0.1, -0.05) is 31.2 Å². The molecule has 0 spiro atoms. The van der Waals surface area contributed by atoms with Crippen LogP contribution >= 0.6 is 11.3 Å². The summed E-state index contributed by atoms with van der Waals surface area (Å²) in [6.07, 6.45) is 6.05. The van der Waals surface area contributed by atoms with E-state index in [1.165, 1.54) is 0 Å². The second-order valence-electron chi connectivity index (χ2n) is 7.41. The van der Waals surface area contributed by atoms with Crippen LogP contribution in [0.2, 0.25) is 0 Å². The first-order valence-corrected chi connectivity index (χ1v) is 10.4. The summed E-state index contributed by atoms with van der Waals surface area (Å²) in [7, 11) is 0. The molecule has 1 fully saturated rings. The summed E-state index contributed by atoms with van der Waals surface area (Å²) in [5.41, 5.74) is 2.89. The Hall–Kier alpha value is -2.66. The number of imidazole rings is 1. The predicted octanol–water partition coefficient (Wildman–Crippen LogP) is 5.09. The molecule has 0 radical (unpaired) electrons. The van der Waals surface area contributed by atoms with Crippen LogP contribution in [0.4, 0.5) is 0 Å². The fraction of sp³-hybridized carbons (Fsp3) is 0.273. The molecule has 0 aliphatic carbocycles. The third kappa shape index (κ3) is 2.73. The molecule has 1 aromatic carbocycles. The normalized spacial score (nSPS) is 15.7. The third-order valence-corrected chi connectivity index (χ3v) is 6.31. The molecule has 0 atom stereocenters. The molecule has 0 bridgehead atoms. The van der Waals surface area contributed by atoms with Crippen LogP contribution in [0.1, 0.15) is 30.1 Å². The van der Waals surface area contributed by atoms with E-state index in [-0.39, 0.29) is 5.91 Å². The number of pyridine rings is 1. The minimum Gasteiger partial charge on any atom is -0.339 e. The maximum absolute atomic E-state index is 13.4. The number of aromatic nitrogens is 2. The molecule has 3 aromatic heterocycles. The van der Waals surface area contributed by atoms with Crippen molar-refractivity contribution in [2.45, 2.75) is 19.8 Å². The highest BCUT2D eigenvalue weighted by Gasteiger charge is 2.24. The van der Waals surface area contributed by atoms with Gasteiger partial charge >= 0.3 is 0 Å². The molecule has 4 nitrogen and oxygen atoms in total. The molecule has 0 N–H and O–H groups in total. The van der Waals surface area contributed by atoms with Crippen LogP contribution < -0.4 is 0 Å². The summed E-state index contributed by atoms with van der Waals surface area (Å²) in [5.74, 6) is 1.72. The zero-order valence-corrected chi connectivity index (χ0v) is 16.1. The van der Waals surface area contributed by atoms with Gasteiger partial charge < -0.3 is 4.90 Å². The lowest BCUT2D eigenvalue weighted by atomic mass is 9.98. The molecule has 27 heavy (non-hydrogen) atoms. The Morgan fingerprint density at radius 1 is 1.15 bits per heavy atom. The second-order valence-corrected chi connectivity index (χ2v) is 8.19. The predicted molar refractivity (Wildman–Crippen MR) is 110 cm³/mol. The number of carbonyl (C=O) groups excluding carboxylic acids is 1. The third-order valence-electron chi connectivity index (χ3n) is 5.63. The number of rotatable bonds is 2. The largest absolute Gasteiger partial charge is 0.339 e. The average Bonchev–Trinajstić information content (AvgIpc) is 3.37. The Balaban J connectivity index is 1.70. The number of amides is 1. The van der Waals surface area contributed by atoms with E-state index in [0.717, 1.165) is 59.2 Å². The monoisotopic (exact) mass is 375 g/mol. The van der Waals surface area contributed by atoms with Gasteiger partial charge in [0.25, 0.3) is 5.91 Å². The Labute approximate surface area is 162 Å². The van der Waals surface area contributed by atoms with Crippen molar-refractivity contribution in [2.75, 3.05) is 13.1 Å². The molecular formula is C22H21N3OS. The van der Waals surface area contributed by atoms with Crippen LogP contribution in [0.5, 0.6) is 0 Å². The van der Waals surface area contributed by atoms with Crippen LogP contribution in [0, 0.1) is 5.92 Å². The number of fused-ring (bicyclic) bond motifs is 3. The summed E-state index contributed by atoms with van der Waals surface area (Å²) in [6, 6.07) is 10.2. The van der Waals surface area contributed by atoms with Gasteiger partial charge in [-0.15, -0.1) is 0 Å². The van der Waals surface area contributed by atoms with Crippen LogP contribution in [0.25, 0.3) is 27.7 Å². The van der Waals surface area contributed by atoms with Gasteiger partial charge in [0.1, 0.15) is 5.82 Å². The van der Waals surface area contributed by atoms with E-state index in [4.69, 9.17) is 0 Å². The fourth-order valence-electron chi connectivity index (χ4n) is 3.99. The molecule has 1 saturated heterocycles. The van der Waals surface area contributed by atoms with Crippen molar-refractivity contribution >= 4 is 33.5 Å². The molecule has 4 aromatic rings. The zero-order chi connectivity index (χ0) is 18.4. The number of likely N-dealkylation sites (tertiary alicyclic amines) is 1. The molecule has 1 aliphatic rings. The number of hydrogen-bond donors (Lipinski definition) is 0. The Morgan fingerprint density at radius 2 is 1.93 bits per heavy atom. The summed E-state index contributed by atoms with van der Waals surface area (Å²) >= 11 is 1.65. The molecule has 5 rings (SSSR count). The molecule has 136 valence electrons. The maximum atomic E-state index is 13.4. The van der Waals surface area contributed by atoms with Crippen LogP contribution in [0.15, 0.2) is 53.5 Å². The lowest BCUT2D eigenvalue weighted by Crippen LogP contribution is -2.38. The smallest absolute Gasteiger partial charge is 0.255 e. The molecule has 0 unspecified atom stereocenters. The molecule has 0 saturated carbocycles. The summed E-state index contributed by atoms with van der Waals surface area (Å²) in [4.78, 5) is 20.0. The highest BCUT2D eigenvalue weighted by atomic mass is 32.1. The Morgan fingerprint density at radius 3 is 2.67 bits per heavy atom. The minimum absolute atomic E-state index is 0.130. The average molecular weight is 375 g/mol. The number of nitrogens with zero attached hydrogens (tertiary/aromatic N) is 3. The van der Waals surface area contributed by atoms with Gasteiger partial charge in [0.15, 0.2) is 0 Å². The van der Waals surface area contributed by atoms with Crippen molar-refractivity contribution in [3.05, 3.63) is 59.0 Å². The van der Waals surface area contributed by atoms with Crippen LogP contribution in [-0.2, 0) is 0 Å². The zero-order valence-electron chi connectivity index (χ0n) is 15.3. The number of piperidine rings is 1. The van der Waals surface area contributed by atoms with E-state index in [2.05, 4.69) is 39.2 Å². The van der Waals surface area contributed by atoms with Crippen molar-refractivity contribution in [1.82, 2.24) is 14.3 Å². The first kappa shape index (κ1) is 16.5. The SMILES string of the molecule is CC1CCN(C(=O)c2cn3c(-c4ccsc4)ncc3c3ccccc23)CC1. The van der Waals surface area contributed by atoms with E-state index in [1.54, 1.807) is 11.3 Å². The van der Waals surface area contributed by atoms with Crippen LogP contribution in [-0.4, -0.2) is 33.3 Å². The number of thiophene rings is 1. The van der Waals surface area contributed by atoms with Crippen molar-refractivity contribution in [2.24, 2.45) is 5.92 Å². The fourth-order valence-corrected chi connectivity index (χ4v) is 4.62. The van der Waals surface area contributed by atoms with Gasteiger partial charge in [0.05, 0.1) is 17.3 Å². The quantitative estimate of drug-likeness (QED) is 0.489. The van der Waals surface area contributed by atoms with Crippen molar-refractivity contribution < 1.29 is 4.79 Å². The summed E-state index contributed by atoms with van der Waals surface area (Å²) in [6.45, 7) is 3.95. The van der Waals surface area contributed by atoms with Crippen LogP contribution in [0.3, 0.4) is 0 Å². The van der Waals surface area contributed by atoms with E-state index < -0.39 is 0 Å². The number of benzene rings is 1. The summed E-state index contributed by atoms with van der Waals surface area (Å²) < 4.78 is 2.07. The van der Waals surface area contributed by atoms with Crippen molar-refractivity contribution in [3.63, 3.8) is 0 Å². The first-order valence-electron chi connectivity index (χ1n) is 9.43. The summed E-state index contributed by atoms with van der Waals surface area (Å²) in [5, 5.41) is 6.23. The Kier molecular flexibility index (Phi) is 3.97. The van der Waals surface area contributed by atoms with Crippen molar-refractivity contribution in [1.29, 1.82) is 0 Å². The van der Waals surface area contributed by atoms with Gasteiger partial charge in [-0.2, -0.15) is 11.3 Å². The lowest BCUT2D eigenvalue weighted by Gasteiger charge is -2.30. The maximum Gasteiger partial charge on any atom is 0.255 e. The number of hydrogen-bond acceptors (Lipinski definition) is 3. The van der Waals surface area contributed by atoms with Crippen molar-refractivity contribution in [3.8, 4) is 11.4 Å². The minimum atomic E-state index is 0.130. The van der Waals surface area contributed by atoms with Gasteiger partial charge in [-0.05, 0) is 35.6 Å². The number of carbonyl (C=O) groups is 1. The highest BCUT2D eigenvalue weighted by Crippen LogP contribution is 2.30. The van der Waals surface area contributed by atoms with E-state index in [0.29, 0.717) is 5.92 Å². The molecule has 4 heterocycles. The standard InChI is InChI=1S/C22H21N3OS/c1-15-6-9-24(10-7-15)22(26)19-13-25-20(18-5-3-2-4-17(18)19)12-23-21(25)16-8-11-27-14-16/h2-5,8,11-15H,6-7,9-10H2,1H3. The van der Waals surface area contributed by atoms with Gasteiger partial charge in [-0.25, -0.2) is 4.98 Å². The van der Waals surface area contributed by atoms with Gasteiger partial charge in [-0.3, -0.25) is 9.20 Å². The molecule has 5 heteroatoms. The van der Waals surface area contributed by atoms with Gasteiger partial charge in [0.2, 0.25) is 0 Å². The van der Waals surface area contributed by atoms with Gasteiger partial charge in [0, 0.05) is 35.6 Å². The molecule has 1 amide bonds. The lowest BCUT2D eigenvalue weighted by molar-refractivity contribution is 0.0699. The second kappa shape index (κ2) is 6.50. The highest BCUT2D eigenvalue weighted by molar-refractivity contribution is 7.08. The van der Waals surface area contributed by atoms with E-state index in [1.807, 2.05) is 35.5 Å². The first-order chi connectivity index (χ1) is 13.2. The molecular weight excluding hydrogens is 354 g/mol. The molecule has 1 aliphatic heterocycles.